The van der Waals surface area contributed by atoms with Gasteiger partial charge in [0.05, 0.1) is 18.4 Å². The van der Waals surface area contributed by atoms with Gasteiger partial charge in [0.15, 0.2) is 0 Å². The van der Waals surface area contributed by atoms with E-state index in [1.807, 2.05) is 30.3 Å². The van der Waals surface area contributed by atoms with Crippen molar-refractivity contribution in [2.75, 3.05) is 25.1 Å². The summed E-state index contributed by atoms with van der Waals surface area (Å²) in [7, 11) is 1.29. The standard InChI is InChI=1S/C21H24N2O4/c1-16(24)23(19-11-7-6-10-18(19)21(26)27-2)15-13-20(25)22-14-12-17-8-4-3-5-9-17/h3-11H,12-15H2,1-2H3,(H,22,25). The molecule has 0 spiro atoms. The number of hydrogen-bond acceptors (Lipinski definition) is 4. The number of nitrogens with zero attached hydrogens (tertiary/aromatic N) is 1. The Balaban J connectivity index is 1.94. The van der Waals surface area contributed by atoms with Crippen molar-refractivity contribution in [2.24, 2.45) is 0 Å². The Morgan fingerprint density at radius 1 is 1.00 bits per heavy atom. The Morgan fingerprint density at radius 3 is 2.33 bits per heavy atom. The minimum Gasteiger partial charge on any atom is -0.465 e. The number of benzene rings is 2. The van der Waals surface area contributed by atoms with Crippen molar-refractivity contribution < 1.29 is 19.1 Å². The Hall–Kier alpha value is -3.15. The monoisotopic (exact) mass is 368 g/mol. The summed E-state index contributed by atoms with van der Waals surface area (Å²) in [6.07, 6.45) is 0.887. The maximum absolute atomic E-state index is 12.1. The van der Waals surface area contributed by atoms with Gasteiger partial charge in [-0.2, -0.15) is 0 Å². The molecule has 2 rings (SSSR count). The van der Waals surface area contributed by atoms with E-state index in [1.165, 1.54) is 18.9 Å². The maximum Gasteiger partial charge on any atom is 0.339 e. The van der Waals surface area contributed by atoms with E-state index in [0.717, 1.165) is 12.0 Å². The van der Waals surface area contributed by atoms with Crippen molar-refractivity contribution in [1.29, 1.82) is 0 Å². The van der Waals surface area contributed by atoms with E-state index in [1.54, 1.807) is 24.3 Å². The first kappa shape index (κ1) is 20.2. The first-order chi connectivity index (χ1) is 13.0. The summed E-state index contributed by atoms with van der Waals surface area (Å²) in [5.41, 5.74) is 1.88. The number of carbonyl (C=O) groups is 3. The third kappa shape index (κ3) is 5.95. The smallest absolute Gasteiger partial charge is 0.339 e. The first-order valence-corrected chi connectivity index (χ1v) is 8.79. The molecular formula is C21H24N2O4. The van der Waals surface area contributed by atoms with Gasteiger partial charge in [0, 0.05) is 26.4 Å². The summed E-state index contributed by atoms with van der Waals surface area (Å²) in [5, 5.41) is 2.86. The number of hydrogen-bond donors (Lipinski definition) is 1. The number of amides is 2. The molecule has 0 fully saturated rings. The Kier molecular flexibility index (Phi) is 7.55. The number of esters is 1. The molecule has 0 unspecified atom stereocenters. The second-order valence-electron chi connectivity index (χ2n) is 6.01. The molecule has 142 valence electrons. The van der Waals surface area contributed by atoms with Crippen LogP contribution in [0.25, 0.3) is 0 Å². The normalized spacial score (nSPS) is 10.1. The fraction of sp³-hybridized carbons (Fsp3) is 0.286. The molecular weight excluding hydrogens is 344 g/mol. The van der Waals surface area contributed by atoms with Gasteiger partial charge in [0.1, 0.15) is 0 Å². The average Bonchev–Trinajstić information content (AvgIpc) is 2.68. The average molecular weight is 368 g/mol. The van der Waals surface area contributed by atoms with Gasteiger partial charge in [-0.25, -0.2) is 4.79 Å². The number of para-hydroxylation sites is 1. The Morgan fingerprint density at radius 2 is 1.67 bits per heavy atom. The predicted molar refractivity (Wildman–Crippen MR) is 104 cm³/mol. The number of ether oxygens (including phenoxy) is 1. The lowest BCUT2D eigenvalue weighted by molar-refractivity contribution is -0.121. The minimum absolute atomic E-state index is 0.143. The Bertz CT molecular complexity index is 790. The molecule has 0 radical (unpaired) electrons. The van der Waals surface area contributed by atoms with Crippen LogP contribution in [0.2, 0.25) is 0 Å². The van der Waals surface area contributed by atoms with Crippen LogP contribution in [0.1, 0.15) is 29.3 Å². The minimum atomic E-state index is -0.524. The fourth-order valence-corrected chi connectivity index (χ4v) is 2.73. The van der Waals surface area contributed by atoms with Crippen molar-refractivity contribution >= 4 is 23.5 Å². The SMILES string of the molecule is COC(=O)c1ccccc1N(CCC(=O)NCCc1ccccc1)C(C)=O. The van der Waals surface area contributed by atoms with Crippen LogP contribution in [0.15, 0.2) is 54.6 Å². The number of anilines is 1. The molecule has 0 heterocycles. The fourth-order valence-electron chi connectivity index (χ4n) is 2.73. The predicted octanol–water partition coefficient (Wildman–Crippen LogP) is 2.58. The molecule has 2 aromatic rings. The van der Waals surface area contributed by atoms with Crippen LogP contribution in [-0.2, 0) is 20.7 Å². The topological polar surface area (TPSA) is 75.7 Å². The molecule has 2 aromatic carbocycles. The molecule has 0 saturated carbocycles. The van der Waals surface area contributed by atoms with Gasteiger partial charge in [-0.3, -0.25) is 9.59 Å². The summed E-state index contributed by atoms with van der Waals surface area (Å²) in [6.45, 7) is 2.11. The van der Waals surface area contributed by atoms with E-state index in [4.69, 9.17) is 4.74 Å². The Labute approximate surface area is 159 Å². The van der Waals surface area contributed by atoms with Crippen molar-refractivity contribution in [3.63, 3.8) is 0 Å². The van der Waals surface area contributed by atoms with E-state index in [2.05, 4.69) is 5.32 Å². The van der Waals surface area contributed by atoms with Crippen LogP contribution in [0.4, 0.5) is 5.69 Å². The van der Waals surface area contributed by atoms with Crippen LogP contribution < -0.4 is 10.2 Å². The summed E-state index contributed by atoms with van der Waals surface area (Å²) >= 11 is 0. The van der Waals surface area contributed by atoms with Crippen LogP contribution in [0.5, 0.6) is 0 Å². The van der Waals surface area contributed by atoms with Gasteiger partial charge >= 0.3 is 5.97 Å². The molecule has 0 aliphatic rings. The molecule has 1 N–H and O–H groups in total. The van der Waals surface area contributed by atoms with Gasteiger partial charge in [0.25, 0.3) is 0 Å². The molecule has 0 aromatic heterocycles. The van der Waals surface area contributed by atoms with Crippen molar-refractivity contribution in [3.05, 3.63) is 65.7 Å². The largest absolute Gasteiger partial charge is 0.465 e. The van der Waals surface area contributed by atoms with E-state index < -0.39 is 5.97 Å². The first-order valence-electron chi connectivity index (χ1n) is 8.79. The number of methoxy groups -OCH3 is 1. The number of rotatable bonds is 8. The van der Waals surface area contributed by atoms with Crippen LogP contribution in [-0.4, -0.2) is 38.0 Å². The highest BCUT2D eigenvalue weighted by Gasteiger charge is 2.20. The molecule has 6 heteroatoms. The molecule has 0 saturated heterocycles. The molecule has 0 bridgehead atoms. The highest BCUT2D eigenvalue weighted by molar-refractivity contribution is 6.02. The summed E-state index contributed by atoms with van der Waals surface area (Å²) in [4.78, 5) is 37.5. The van der Waals surface area contributed by atoms with Gasteiger partial charge in [0.2, 0.25) is 11.8 Å². The zero-order valence-corrected chi connectivity index (χ0v) is 15.6. The van der Waals surface area contributed by atoms with Crippen LogP contribution in [0, 0.1) is 0 Å². The van der Waals surface area contributed by atoms with E-state index in [9.17, 15) is 14.4 Å². The van der Waals surface area contributed by atoms with Crippen molar-refractivity contribution in [2.45, 2.75) is 19.8 Å². The van der Waals surface area contributed by atoms with Gasteiger partial charge in [-0.1, -0.05) is 42.5 Å². The van der Waals surface area contributed by atoms with Crippen LogP contribution in [0.3, 0.4) is 0 Å². The van der Waals surface area contributed by atoms with Crippen LogP contribution >= 0.6 is 0 Å². The lowest BCUT2D eigenvalue weighted by Gasteiger charge is -2.23. The second kappa shape index (κ2) is 10.1. The lowest BCUT2D eigenvalue weighted by atomic mass is 10.1. The lowest BCUT2D eigenvalue weighted by Crippen LogP contribution is -2.35. The maximum atomic E-state index is 12.1. The summed E-state index contributed by atoms with van der Waals surface area (Å²) in [6, 6.07) is 16.6. The van der Waals surface area contributed by atoms with Crippen molar-refractivity contribution in [1.82, 2.24) is 5.32 Å². The molecule has 0 aliphatic carbocycles. The van der Waals surface area contributed by atoms with E-state index >= 15 is 0 Å². The van der Waals surface area contributed by atoms with E-state index in [0.29, 0.717) is 17.8 Å². The number of carbonyl (C=O) groups excluding carboxylic acids is 3. The van der Waals surface area contributed by atoms with Gasteiger partial charge in [-0.05, 0) is 24.1 Å². The highest BCUT2D eigenvalue weighted by atomic mass is 16.5. The zero-order chi connectivity index (χ0) is 19.6. The molecule has 0 atom stereocenters. The van der Waals surface area contributed by atoms with Crippen molar-refractivity contribution in [3.8, 4) is 0 Å². The van der Waals surface area contributed by atoms with Gasteiger partial charge < -0.3 is 15.0 Å². The molecule has 6 nitrogen and oxygen atoms in total. The number of nitrogens with one attached hydrogen (secondary N) is 1. The molecule has 2 amide bonds. The third-order valence-electron chi connectivity index (χ3n) is 4.12. The zero-order valence-electron chi connectivity index (χ0n) is 15.6. The quantitative estimate of drug-likeness (QED) is 0.727. The summed E-state index contributed by atoms with van der Waals surface area (Å²) < 4.78 is 4.77. The molecule has 27 heavy (non-hydrogen) atoms. The summed E-state index contributed by atoms with van der Waals surface area (Å²) in [5.74, 6) is -0.916. The second-order valence-corrected chi connectivity index (χ2v) is 6.01. The highest BCUT2D eigenvalue weighted by Crippen LogP contribution is 2.21. The third-order valence-corrected chi connectivity index (χ3v) is 4.12. The van der Waals surface area contributed by atoms with Gasteiger partial charge in [-0.15, -0.1) is 0 Å². The molecule has 0 aliphatic heterocycles. The van der Waals surface area contributed by atoms with E-state index in [-0.39, 0.29) is 24.8 Å².